The van der Waals surface area contributed by atoms with Gasteiger partial charge in [0, 0.05) is 11.1 Å². The molecule has 0 spiro atoms. The molecule has 0 aliphatic heterocycles. The summed E-state index contributed by atoms with van der Waals surface area (Å²) in [5.74, 6) is -2.23. The van der Waals surface area contributed by atoms with Gasteiger partial charge in [-0.15, -0.1) is 13.2 Å². The molecule has 0 saturated carbocycles. The van der Waals surface area contributed by atoms with Crippen LogP contribution in [0.4, 0.5) is 26.3 Å². The standard InChI is InChI=1S/C26H20F6O/c1-2-3-15-10-23(28)25(24(29)11-15)18-5-4-17-13-21(22(27)14-19(17)12-18)16-6-8-20(9-7-16)33-26(30,31)32/h5-11,13-14H,2-4,12H2,1H3. The molecule has 33 heavy (non-hydrogen) atoms. The van der Waals surface area contributed by atoms with E-state index >= 15 is 0 Å². The lowest BCUT2D eigenvalue weighted by Gasteiger charge is -2.20. The van der Waals surface area contributed by atoms with Gasteiger partial charge in [-0.2, -0.15) is 0 Å². The van der Waals surface area contributed by atoms with E-state index in [0.717, 1.165) is 24.1 Å². The highest BCUT2D eigenvalue weighted by atomic mass is 19.4. The third-order valence-corrected chi connectivity index (χ3v) is 5.60. The molecule has 3 aromatic rings. The average Bonchev–Trinajstić information content (AvgIpc) is 2.72. The Labute approximate surface area is 187 Å². The van der Waals surface area contributed by atoms with Gasteiger partial charge in [0.15, 0.2) is 0 Å². The predicted octanol–water partition coefficient (Wildman–Crippen LogP) is 7.80. The van der Waals surface area contributed by atoms with Gasteiger partial charge in [-0.25, -0.2) is 13.2 Å². The Morgan fingerprint density at radius 1 is 0.848 bits per heavy atom. The molecule has 0 bridgehead atoms. The van der Waals surface area contributed by atoms with Gasteiger partial charge < -0.3 is 4.74 Å². The molecule has 0 atom stereocenters. The lowest BCUT2D eigenvalue weighted by molar-refractivity contribution is -0.274. The van der Waals surface area contributed by atoms with Crippen LogP contribution in [0.2, 0.25) is 0 Å². The van der Waals surface area contributed by atoms with Crippen LogP contribution in [0.3, 0.4) is 0 Å². The van der Waals surface area contributed by atoms with Gasteiger partial charge in [-0.1, -0.05) is 31.6 Å². The predicted molar refractivity (Wildman–Crippen MR) is 114 cm³/mol. The first kappa shape index (κ1) is 23.0. The van der Waals surface area contributed by atoms with Crippen molar-refractivity contribution in [2.24, 2.45) is 0 Å². The Bertz CT molecular complexity index is 1190. The van der Waals surface area contributed by atoms with Gasteiger partial charge in [0.2, 0.25) is 0 Å². The van der Waals surface area contributed by atoms with Gasteiger partial charge in [0.05, 0.1) is 0 Å². The van der Waals surface area contributed by atoms with E-state index in [1.54, 1.807) is 12.1 Å². The minimum atomic E-state index is -4.81. The number of halogens is 6. The lowest BCUT2D eigenvalue weighted by atomic mass is 9.85. The summed E-state index contributed by atoms with van der Waals surface area (Å²) < 4.78 is 85.1. The maximum Gasteiger partial charge on any atom is 0.573 e. The molecule has 172 valence electrons. The molecule has 0 amide bonds. The fourth-order valence-electron chi connectivity index (χ4n) is 4.14. The number of hydrogen-bond acceptors (Lipinski definition) is 1. The van der Waals surface area contributed by atoms with Crippen LogP contribution in [0.1, 0.15) is 35.6 Å². The monoisotopic (exact) mass is 462 g/mol. The first-order valence-corrected chi connectivity index (χ1v) is 10.5. The zero-order valence-corrected chi connectivity index (χ0v) is 17.7. The second-order valence-electron chi connectivity index (χ2n) is 7.97. The van der Waals surface area contributed by atoms with E-state index in [1.807, 2.05) is 6.92 Å². The van der Waals surface area contributed by atoms with Gasteiger partial charge in [-0.3, -0.25) is 0 Å². The number of fused-ring (bicyclic) bond motifs is 1. The van der Waals surface area contributed by atoms with Crippen LogP contribution in [0.5, 0.6) is 5.75 Å². The highest BCUT2D eigenvalue weighted by Crippen LogP contribution is 2.35. The van der Waals surface area contributed by atoms with Crippen LogP contribution >= 0.6 is 0 Å². The van der Waals surface area contributed by atoms with Crippen molar-refractivity contribution in [3.8, 4) is 16.9 Å². The van der Waals surface area contributed by atoms with E-state index < -0.39 is 29.6 Å². The van der Waals surface area contributed by atoms with Crippen molar-refractivity contribution >= 4 is 5.57 Å². The molecule has 1 nitrogen and oxygen atoms in total. The normalized spacial score (nSPS) is 13.5. The van der Waals surface area contributed by atoms with Crippen LogP contribution in [-0.4, -0.2) is 6.36 Å². The number of hydrogen-bond donors (Lipinski definition) is 0. The Hall–Kier alpha value is -3.22. The van der Waals surface area contributed by atoms with E-state index in [4.69, 9.17) is 0 Å². The number of alkyl halides is 3. The average molecular weight is 462 g/mol. The smallest absolute Gasteiger partial charge is 0.406 e. The number of aryl methyl sites for hydroxylation is 1. The molecule has 7 heteroatoms. The third kappa shape index (κ3) is 5.07. The molecular weight excluding hydrogens is 442 g/mol. The summed E-state index contributed by atoms with van der Waals surface area (Å²) >= 11 is 0. The Balaban J connectivity index is 1.60. The third-order valence-electron chi connectivity index (χ3n) is 5.60. The summed E-state index contributed by atoms with van der Waals surface area (Å²) in [5, 5.41) is 0. The number of benzene rings is 3. The first-order chi connectivity index (χ1) is 15.6. The molecule has 4 rings (SSSR count). The highest BCUT2D eigenvalue weighted by Gasteiger charge is 2.31. The van der Waals surface area contributed by atoms with Crippen LogP contribution in [0.15, 0.2) is 54.6 Å². The molecule has 0 unspecified atom stereocenters. The summed E-state index contributed by atoms with van der Waals surface area (Å²) in [4.78, 5) is 0. The molecule has 0 radical (unpaired) electrons. The zero-order chi connectivity index (χ0) is 23.8. The Morgan fingerprint density at radius 2 is 1.52 bits per heavy atom. The largest absolute Gasteiger partial charge is 0.573 e. The highest BCUT2D eigenvalue weighted by molar-refractivity contribution is 5.74. The summed E-state index contributed by atoms with van der Waals surface area (Å²) in [5.41, 5.74) is 2.98. The van der Waals surface area contributed by atoms with Crippen molar-refractivity contribution in [1.29, 1.82) is 0 Å². The van der Waals surface area contributed by atoms with Crippen molar-refractivity contribution in [3.63, 3.8) is 0 Å². The summed E-state index contributed by atoms with van der Waals surface area (Å²) in [6.07, 6.45) is -1.21. The number of rotatable bonds is 5. The van der Waals surface area contributed by atoms with Gasteiger partial charge in [0.1, 0.15) is 23.2 Å². The van der Waals surface area contributed by atoms with Crippen LogP contribution in [-0.2, 0) is 19.3 Å². The minimum Gasteiger partial charge on any atom is -0.406 e. The fourth-order valence-corrected chi connectivity index (χ4v) is 4.14. The van der Waals surface area contributed by atoms with Gasteiger partial charge >= 0.3 is 6.36 Å². The van der Waals surface area contributed by atoms with Crippen LogP contribution < -0.4 is 4.74 Å². The molecule has 1 aliphatic rings. The van der Waals surface area contributed by atoms with Crippen molar-refractivity contribution in [2.45, 2.75) is 39.0 Å². The molecule has 0 aromatic heterocycles. The Morgan fingerprint density at radius 3 is 2.12 bits per heavy atom. The van der Waals surface area contributed by atoms with Crippen molar-refractivity contribution < 1.29 is 31.1 Å². The second-order valence-corrected chi connectivity index (χ2v) is 7.97. The van der Waals surface area contributed by atoms with E-state index in [1.165, 1.54) is 30.3 Å². The second kappa shape index (κ2) is 8.96. The van der Waals surface area contributed by atoms with Crippen molar-refractivity contribution in [2.75, 3.05) is 0 Å². The lowest BCUT2D eigenvalue weighted by Crippen LogP contribution is -2.16. The SMILES string of the molecule is CCCc1cc(F)c(C2=CCc3cc(-c4ccc(OC(F)(F)F)cc4)c(F)cc3C2)c(F)c1. The van der Waals surface area contributed by atoms with E-state index in [2.05, 4.69) is 4.74 Å². The zero-order valence-electron chi connectivity index (χ0n) is 17.7. The van der Waals surface area contributed by atoms with E-state index in [9.17, 15) is 26.3 Å². The molecule has 3 aromatic carbocycles. The van der Waals surface area contributed by atoms with Crippen molar-refractivity contribution in [1.82, 2.24) is 0 Å². The molecule has 0 fully saturated rings. The molecule has 0 saturated heterocycles. The summed E-state index contributed by atoms with van der Waals surface area (Å²) in [6, 6.07) is 10.5. The Kier molecular flexibility index (Phi) is 6.23. The van der Waals surface area contributed by atoms with E-state index in [0.29, 0.717) is 35.1 Å². The summed E-state index contributed by atoms with van der Waals surface area (Å²) in [7, 11) is 0. The van der Waals surface area contributed by atoms with E-state index in [-0.39, 0.29) is 17.5 Å². The van der Waals surface area contributed by atoms with Crippen LogP contribution in [0.25, 0.3) is 16.7 Å². The minimum absolute atomic E-state index is 0.0924. The first-order valence-electron chi connectivity index (χ1n) is 10.5. The quantitative estimate of drug-likeness (QED) is 0.352. The van der Waals surface area contributed by atoms with Crippen molar-refractivity contribution in [3.05, 3.63) is 94.3 Å². The molecule has 0 N–H and O–H groups in total. The summed E-state index contributed by atoms with van der Waals surface area (Å²) in [6.45, 7) is 1.93. The maximum atomic E-state index is 14.9. The van der Waals surface area contributed by atoms with Crippen LogP contribution in [0, 0.1) is 17.5 Å². The molecule has 1 aliphatic carbocycles. The number of ether oxygens (including phenoxy) is 1. The topological polar surface area (TPSA) is 9.23 Å². The maximum absolute atomic E-state index is 14.9. The molecule has 0 heterocycles. The molecular formula is C26H20F6O. The number of allylic oxidation sites excluding steroid dienone is 2. The van der Waals surface area contributed by atoms with Gasteiger partial charge in [-0.05, 0) is 83.5 Å². The fraction of sp³-hybridized carbons (Fsp3) is 0.231. The van der Waals surface area contributed by atoms with Gasteiger partial charge in [0.25, 0.3) is 0 Å².